The van der Waals surface area contributed by atoms with Crippen LogP contribution in [-0.2, 0) is 25.6 Å². The average molecular weight is 575 g/mol. The average Bonchev–Trinajstić information content (AvgIpc) is 3.04. The predicted octanol–water partition coefficient (Wildman–Crippen LogP) is 5.75. The molecule has 9 nitrogen and oxygen atoms in total. The third kappa shape index (κ3) is 11.7. The van der Waals surface area contributed by atoms with Crippen molar-refractivity contribution in [2.45, 2.75) is 12.8 Å². The molecule has 0 aliphatic rings. The van der Waals surface area contributed by atoms with E-state index in [2.05, 4.69) is 19.7 Å². The topological polar surface area (TPSA) is 114 Å². The Bertz CT molecular complexity index is 1350. The van der Waals surface area contributed by atoms with E-state index in [1.54, 1.807) is 38.5 Å². The highest BCUT2D eigenvalue weighted by atomic mass is 16.6. The normalized spacial score (nSPS) is 9.21. The first-order valence-electron chi connectivity index (χ1n) is 12.5. The number of rotatable bonds is 12. The van der Waals surface area contributed by atoms with E-state index in [4.69, 9.17) is 28.5 Å². The number of hydrogen-bond donors (Lipinski definition) is 0. The molecule has 220 valence electrons. The molecular weight excluding hydrogens is 540 g/mol. The Balaban J connectivity index is 0.000000379. The van der Waals surface area contributed by atoms with Crippen LogP contribution in [0.1, 0.15) is 12.0 Å². The van der Waals surface area contributed by atoms with Gasteiger partial charge in [0, 0.05) is 18.6 Å². The molecule has 3 aromatic rings. The minimum Gasteiger partial charge on any atom is -0.493 e. The summed E-state index contributed by atoms with van der Waals surface area (Å²) in [7, 11) is 4.69. The van der Waals surface area contributed by atoms with Crippen LogP contribution in [0.5, 0.6) is 28.7 Å². The van der Waals surface area contributed by atoms with Crippen molar-refractivity contribution in [3.05, 3.63) is 104 Å². The molecule has 0 spiro atoms. The maximum absolute atomic E-state index is 11.1. The Morgan fingerprint density at radius 1 is 0.667 bits per heavy atom. The van der Waals surface area contributed by atoms with Crippen LogP contribution in [0.2, 0.25) is 0 Å². The third-order valence-electron chi connectivity index (χ3n) is 5.21. The maximum Gasteiger partial charge on any atom is 0.335 e. The van der Waals surface area contributed by atoms with Crippen LogP contribution in [0.4, 0.5) is 0 Å². The van der Waals surface area contributed by atoms with Crippen molar-refractivity contribution in [2.24, 2.45) is 0 Å². The molecule has 0 aliphatic carbocycles. The van der Waals surface area contributed by atoms with Gasteiger partial charge in [-0.3, -0.25) is 4.79 Å². The maximum atomic E-state index is 11.1. The summed E-state index contributed by atoms with van der Waals surface area (Å²) in [5.41, 5.74) is 2.87. The largest absolute Gasteiger partial charge is 0.493 e. The van der Waals surface area contributed by atoms with Crippen molar-refractivity contribution >= 4 is 24.5 Å². The van der Waals surface area contributed by atoms with Gasteiger partial charge in [0.15, 0.2) is 23.0 Å². The van der Waals surface area contributed by atoms with Crippen molar-refractivity contribution in [2.75, 3.05) is 21.3 Å². The Labute approximate surface area is 245 Å². The second-order valence-corrected chi connectivity index (χ2v) is 7.91. The first-order valence-corrected chi connectivity index (χ1v) is 12.5. The molecule has 42 heavy (non-hydrogen) atoms. The Morgan fingerprint density at radius 2 is 1.19 bits per heavy atom. The monoisotopic (exact) mass is 574 g/mol. The third-order valence-corrected chi connectivity index (χ3v) is 5.21. The van der Waals surface area contributed by atoms with Gasteiger partial charge in [-0.15, -0.1) is 0 Å². The number of carbonyl (C=O) groups excluding carboxylic acids is 4. The number of benzene rings is 3. The van der Waals surface area contributed by atoms with Gasteiger partial charge in [0.05, 0.1) is 21.3 Å². The molecule has 0 radical (unpaired) electrons. The number of hydrogen-bond acceptors (Lipinski definition) is 9. The zero-order chi connectivity index (χ0) is 31.3. The molecule has 3 rings (SSSR count). The number of carbonyl (C=O) groups is 4. The zero-order valence-corrected chi connectivity index (χ0v) is 23.9. The van der Waals surface area contributed by atoms with E-state index in [0.29, 0.717) is 47.9 Å². The number of allylic oxidation sites excluding steroid dienone is 1. The Hall–Kier alpha value is -5.44. The van der Waals surface area contributed by atoms with Crippen LogP contribution >= 0.6 is 0 Å². The van der Waals surface area contributed by atoms with E-state index >= 15 is 0 Å². The summed E-state index contributed by atoms with van der Waals surface area (Å²) < 4.78 is 25.6. The highest BCUT2D eigenvalue weighted by Crippen LogP contribution is 2.33. The van der Waals surface area contributed by atoms with Crippen LogP contribution in [0, 0.1) is 0 Å². The first-order chi connectivity index (χ1) is 20.3. The lowest BCUT2D eigenvalue weighted by Crippen LogP contribution is -2.05. The SMILES string of the molecule is C=CC(=O)Oc1cc(CCC=O)ccc1OC.C=CC(=O)Oc1ccc(-c2ccc(OC)c(OC)c2)cc1.C=CC=O. The van der Waals surface area contributed by atoms with Crippen LogP contribution in [-0.4, -0.2) is 45.8 Å². The van der Waals surface area contributed by atoms with Crippen LogP contribution in [0.15, 0.2) is 98.6 Å². The van der Waals surface area contributed by atoms with Crippen molar-refractivity contribution in [1.29, 1.82) is 0 Å². The fourth-order valence-corrected chi connectivity index (χ4v) is 3.22. The van der Waals surface area contributed by atoms with Crippen LogP contribution in [0.3, 0.4) is 0 Å². The van der Waals surface area contributed by atoms with Gasteiger partial charge in [0.25, 0.3) is 0 Å². The van der Waals surface area contributed by atoms with Gasteiger partial charge in [-0.1, -0.05) is 44.0 Å². The van der Waals surface area contributed by atoms with Crippen molar-refractivity contribution in [3.63, 3.8) is 0 Å². The molecule has 0 bridgehead atoms. The Morgan fingerprint density at radius 3 is 1.71 bits per heavy atom. The minimum atomic E-state index is -0.546. The zero-order valence-electron chi connectivity index (χ0n) is 23.9. The van der Waals surface area contributed by atoms with Crippen LogP contribution in [0.25, 0.3) is 11.1 Å². The highest BCUT2D eigenvalue weighted by molar-refractivity contribution is 5.84. The molecule has 0 fully saturated rings. The van der Waals surface area contributed by atoms with Gasteiger partial charge in [-0.2, -0.15) is 0 Å². The first kappa shape index (κ1) is 34.6. The molecule has 0 unspecified atom stereocenters. The molecule has 0 N–H and O–H groups in total. The molecule has 0 atom stereocenters. The summed E-state index contributed by atoms with van der Waals surface area (Å²) in [6.45, 7) is 9.79. The summed E-state index contributed by atoms with van der Waals surface area (Å²) in [5, 5.41) is 0. The molecule has 0 saturated heterocycles. The van der Waals surface area contributed by atoms with Gasteiger partial charge in [-0.25, -0.2) is 9.59 Å². The van der Waals surface area contributed by atoms with Gasteiger partial charge in [-0.05, 0) is 65.6 Å². The molecule has 0 saturated carbocycles. The van der Waals surface area contributed by atoms with E-state index in [0.717, 1.165) is 35.1 Å². The van der Waals surface area contributed by atoms with E-state index in [-0.39, 0.29) is 0 Å². The fourth-order valence-electron chi connectivity index (χ4n) is 3.22. The molecular formula is C33H34O9. The predicted molar refractivity (Wildman–Crippen MR) is 160 cm³/mol. The quantitative estimate of drug-likeness (QED) is 0.115. The molecule has 9 heteroatoms. The molecule has 0 aromatic heterocycles. The second kappa shape index (κ2) is 19.6. The lowest BCUT2D eigenvalue weighted by molar-refractivity contribution is -0.129. The standard InChI is InChI=1S/C17H16O4.C13H14O4.C3H4O/c1-4-17(18)21-14-8-5-12(6-9-14)13-7-10-15(19-2)16(11-13)20-3;1-3-13(15)17-12-9-10(5-4-8-14)6-7-11(12)16-2;1-2-3-4/h4-11H,1H2,2-3H3;3,6-9H,1,4-5H2,2H3;2-3H,1H2. The smallest absolute Gasteiger partial charge is 0.335 e. The summed E-state index contributed by atoms with van der Waals surface area (Å²) in [6.07, 6.45) is 5.92. The lowest BCUT2D eigenvalue weighted by Gasteiger charge is -2.10. The van der Waals surface area contributed by atoms with Gasteiger partial charge >= 0.3 is 11.9 Å². The number of esters is 2. The number of methoxy groups -OCH3 is 3. The molecule has 0 heterocycles. The summed E-state index contributed by atoms with van der Waals surface area (Å²) in [6, 6.07) is 18.1. The number of aldehydes is 2. The molecule has 3 aromatic carbocycles. The van der Waals surface area contributed by atoms with E-state index < -0.39 is 11.9 Å². The van der Waals surface area contributed by atoms with Crippen molar-refractivity contribution < 1.29 is 42.9 Å². The van der Waals surface area contributed by atoms with Gasteiger partial charge < -0.3 is 28.5 Å². The summed E-state index contributed by atoms with van der Waals surface area (Å²) in [4.78, 5) is 41.6. The van der Waals surface area contributed by atoms with Gasteiger partial charge in [0.2, 0.25) is 0 Å². The number of aryl methyl sites for hydroxylation is 1. The van der Waals surface area contributed by atoms with Crippen molar-refractivity contribution in [3.8, 4) is 39.9 Å². The minimum absolute atomic E-state index is 0.334. The lowest BCUT2D eigenvalue weighted by atomic mass is 10.1. The second-order valence-electron chi connectivity index (χ2n) is 7.91. The highest BCUT2D eigenvalue weighted by Gasteiger charge is 2.09. The van der Waals surface area contributed by atoms with Crippen molar-refractivity contribution in [1.82, 2.24) is 0 Å². The van der Waals surface area contributed by atoms with Crippen LogP contribution < -0.4 is 23.7 Å². The van der Waals surface area contributed by atoms with Gasteiger partial charge in [0.1, 0.15) is 18.3 Å². The molecule has 0 aliphatic heterocycles. The Kier molecular flexibility index (Phi) is 16.1. The van der Waals surface area contributed by atoms with E-state index in [1.165, 1.54) is 13.2 Å². The summed E-state index contributed by atoms with van der Waals surface area (Å²) >= 11 is 0. The number of ether oxygens (including phenoxy) is 5. The fraction of sp³-hybridized carbons (Fsp3) is 0.152. The summed E-state index contributed by atoms with van der Waals surface area (Å²) in [5.74, 6) is 1.60. The van der Waals surface area contributed by atoms with E-state index in [1.807, 2.05) is 36.4 Å². The van der Waals surface area contributed by atoms with E-state index in [9.17, 15) is 14.4 Å². The molecule has 0 amide bonds.